The van der Waals surface area contributed by atoms with E-state index in [0.29, 0.717) is 24.8 Å². The third kappa shape index (κ3) is 3.00. The molecular weight excluding hydrogens is 282 g/mol. The van der Waals surface area contributed by atoms with Crippen LogP contribution in [0.2, 0.25) is 0 Å². The van der Waals surface area contributed by atoms with Crippen molar-refractivity contribution in [2.24, 2.45) is 5.92 Å². The number of carboxylic acid groups (broad SMARTS) is 1. The number of carboxylic acids is 1. The Morgan fingerprint density at radius 2 is 2.00 bits per heavy atom. The van der Waals surface area contributed by atoms with Crippen molar-refractivity contribution in [3.8, 4) is 5.69 Å². The maximum absolute atomic E-state index is 12.2. The van der Waals surface area contributed by atoms with Crippen LogP contribution in [0.1, 0.15) is 29.6 Å². The first-order valence-corrected chi connectivity index (χ1v) is 7.27. The Bertz CT molecular complexity index is 681. The number of carbonyl (C=O) groups is 2. The van der Waals surface area contributed by atoms with Crippen LogP contribution in [-0.4, -0.2) is 32.8 Å². The van der Waals surface area contributed by atoms with E-state index < -0.39 is 5.97 Å². The van der Waals surface area contributed by atoms with E-state index in [9.17, 15) is 9.59 Å². The van der Waals surface area contributed by atoms with Crippen molar-refractivity contribution in [1.82, 2.24) is 15.1 Å². The van der Waals surface area contributed by atoms with Gasteiger partial charge in [0.15, 0.2) is 0 Å². The Labute approximate surface area is 127 Å². The zero-order valence-corrected chi connectivity index (χ0v) is 12.0. The summed E-state index contributed by atoms with van der Waals surface area (Å²) in [4.78, 5) is 23.1. The number of aliphatic carboxylic acids is 1. The molecule has 6 nitrogen and oxygen atoms in total. The van der Waals surface area contributed by atoms with Gasteiger partial charge < -0.3 is 10.4 Å². The average molecular weight is 299 g/mol. The van der Waals surface area contributed by atoms with Crippen molar-refractivity contribution in [3.63, 3.8) is 0 Å². The van der Waals surface area contributed by atoms with E-state index in [0.717, 1.165) is 5.69 Å². The summed E-state index contributed by atoms with van der Waals surface area (Å²) in [5.74, 6) is -1.34. The first-order chi connectivity index (χ1) is 10.6. The van der Waals surface area contributed by atoms with Crippen molar-refractivity contribution in [2.75, 3.05) is 0 Å². The molecule has 1 heterocycles. The van der Waals surface area contributed by atoms with Crippen molar-refractivity contribution in [1.29, 1.82) is 0 Å². The lowest BCUT2D eigenvalue weighted by atomic mass is 10.1. The Balaban J connectivity index is 1.64. The number of hydrogen-bond donors (Lipinski definition) is 2. The number of amides is 1. The van der Waals surface area contributed by atoms with Gasteiger partial charge in [0.2, 0.25) is 0 Å². The van der Waals surface area contributed by atoms with Crippen molar-refractivity contribution in [2.45, 2.75) is 25.3 Å². The highest BCUT2D eigenvalue weighted by molar-refractivity contribution is 5.94. The maximum Gasteiger partial charge on any atom is 0.306 e. The first kappa shape index (κ1) is 14.3. The topological polar surface area (TPSA) is 84.2 Å². The van der Waals surface area contributed by atoms with Crippen LogP contribution in [0.5, 0.6) is 0 Å². The molecule has 2 aromatic rings. The first-order valence-electron chi connectivity index (χ1n) is 7.27. The summed E-state index contributed by atoms with van der Waals surface area (Å²) >= 11 is 0. The molecule has 1 aliphatic carbocycles. The number of nitrogens with one attached hydrogen (secondary N) is 1. The number of para-hydroxylation sites is 1. The van der Waals surface area contributed by atoms with E-state index in [2.05, 4.69) is 10.4 Å². The molecule has 0 radical (unpaired) electrons. The molecule has 1 amide bonds. The highest BCUT2D eigenvalue weighted by Crippen LogP contribution is 2.25. The summed E-state index contributed by atoms with van der Waals surface area (Å²) < 4.78 is 1.64. The predicted octanol–water partition coefficient (Wildman–Crippen LogP) is 1.86. The van der Waals surface area contributed by atoms with Gasteiger partial charge in [0, 0.05) is 12.2 Å². The molecule has 1 saturated carbocycles. The van der Waals surface area contributed by atoms with Crippen LogP contribution >= 0.6 is 0 Å². The Morgan fingerprint density at radius 1 is 1.23 bits per heavy atom. The third-order valence-corrected chi connectivity index (χ3v) is 3.98. The van der Waals surface area contributed by atoms with Gasteiger partial charge in [-0.3, -0.25) is 9.59 Å². The number of carbonyl (C=O) groups excluding carboxylic acids is 1. The number of aromatic nitrogens is 2. The summed E-state index contributed by atoms with van der Waals surface area (Å²) in [5.41, 5.74) is 1.36. The van der Waals surface area contributed by atoms with Crippen LogP contribution in [0, 0.1) is 5.92 Å². The van der Waals surface area contributed by atoms with Crippen LogP contribution in [0.3, 0.4) is 0 Å². The van der Waals surface area contributed by atoms with Crippen molar-refractivity contribution < 1.29 is 14.7 Å². The Kier molecular flexibility index (Phi) is 3.91. The van der Waals surface area contributed by atoms with Crippen LogP contribution in [0.25, 0.3) is 5.69 Å². The lowest BCUT2D eigenvalue weighted by Crippen LogP contribution is -2.33. The Hall–Kier alpha value is -2.63. The molecule has 0 bridgehead atoms. The normalized spacial score (nSPS) is 20.7. The zero-order valence-electron chi connectivity index (χ0n) is 12.0. The van der Waals surface area contributed by atoms with Crippen LogP contribution < -0.4 is 5.32 Å². The number of hydrogen-bond acceptors (Lipinski definition) is 3. The quantitative estimate of drug-likeness (QED) is 0.902. The van der Waals surface area contributed by atoms with Gasteiger partial charge in [-0.15, -0.1) is 0 Å². The second kappa shape index (κ2) is 6.01. The summed E-state index contributed by atoms with van der Waals surface area (Å²) in [5, 5.41) is 16.1. The van der Waals surface area contributed by atoms with E-state index in [1.165, 1.54) is 6.20 Å². The minimum atomic E-state index is -0.784. The van der Waals surface area contributed by atoms with Crippen LogP contribution in [-0.2, 0) is 4.79 Å². The molecule has 6 heteroatoms. The molecule has 1 aromatic carbocycles. The number of rotatable bonds is 4. The lowest BCUT2D eigenvalue weighted by Gasteiger charge is -2.11. The largest absolute Gasteiger partial charge is 0.481 e. The molecule has 22 heavy (non-hydrogen) atoms. The second-order valence-corrected chi connectivity index (χ2v) is 5.53. The number of benzene rings is 1. The SMILES string of the molecule is O=C(N[C@H]1CC[C@@H](C(=O)O)C1)c1cnn(-c2ccccc2)c1. The minimum Gasteiger partial charge on any atom is -0.481 e. The van der Waals surface area contributed by atoms with Gasteiger partial charge in [-0.05, 0) is 31.4 Å². The molecule has 3 rings (SSSR count). The van der Waals surface area contributed by atoms with Crippen LogP contribution in [0.4, 0.5) is 0 Å². The van der Waals surface area contributed by atoms with Gasteiger partial charge in [0.25, 0.3) is 5.91 Å². The standard InChI is InChI=1S/C16H17N3O3/c20-15(18-13-7-6-11(8-13)16(21)22)12-9-17-19(10-12)14-4-2-1-3-5-14/h1-5,9-11,13H,6-8H2,(H,18,20)(H,21,22)/t11-,13+/m1/s1. The fourth-order valence-electron chi connectivity index (χ4n) is 2.77. The summed E-state index contributed by atoms with van der Waals surface area (Å²) in [7, 11) is 0. The highest BCUT2D eigenvalue weighted by atomic mass is 16.4. The van der Waals surface area contributed by atoms with E-state index in [-0.39, 0.29) is 17.9 Å². The highest BCUT2D eigenvalue weighted by Gasteiger charge is 2.30. The average Bonchev–Trinajstić information content (AvgIpc) is 3.17. The van der Waals surface area contributed by atoms with E-state index in [4.69, 9.17) is 5.11 Å². The molecule has 114 valence electrons. The van der Waals surface area contributed by atoms with Crippen molar-refractivity contribution in [3.05, 3.63) is 48.3 Å². The fourth-order valence-corrected chi connectivity index (χ4v) is 2.77. The molecule has 0 aliphatic heterocycles. The summed E-state index contributed by atoms with van der Waals surface area (Å²) in [6.07, 6.45) is 5.01. The van der Waals surface area contributed by atoms with Gasteiger partial charge in [0.1, 0.15) is 0 Å². The lowest BCUT2D eigenvalue weighted by molar-refractivity contribution is -0.141. The molecule has 1 aromatic heterocycles. The van der Waals surface area contributed by atoms with Gasteiger partial charge >= 0.3 is 5.97 Å². The summed E-state index contributed by atoms with van der Waals surface area (Å²) in [6.45, 7) is 0. The Morgan fingerprint density at radius 3 is 2.68 bits per heavy atom. The molecule has 1 aliphatic rings. The molecule has 0 saturated heterocycles. The second-order valence-electron chi connectivity index (χ2n) is 5.53. The minimum absolute atomic E-state index is 0.0753. The van der Waals surface area contributed by atoms with Gasteiger partial charge in [-0.25, -0.2) is 4.68 Å². The van der Waals surface area contributed by atoms with E-state index in [1.807, 2.05) is 30.3 Å². The fraction of sp³-hybridized carbons (Fsp3) is 0.312. The number of nitrogens with zero attached hydrogens (tertiary/aromatic N) is 2. The smallest absolute Gasteiger partial charge is 0.306 e. The molecule has 1 fully saturated rings. The van der Waals surface area contributed by atoms with Crippen LogP contribution in [0.15, 0.2) is 42.7 Å². The predicted molar refractivity (Wildman–Crippen MR) is 79.8 cm³/mol. The van der Waals surface area contributed by atoms with Gasteiger partial charge in [0.05, 0.1) is 23.4 Å². The third-order valence-electron chi connectivity index (χ3n) is 3.98. The van der Waals surface area contributed by atoms with E-state index in [1.54, 1.807) is 10.9 Å². The molecule has 2 N–H and O–H groups in total. The molecular formula is C16H17N3O3. The maximum atomic E-state index is 12.2. The van der Waals surface area contributed by atoms with Gasteiger partial charge in [-0.1, -0.05) is 18.2 Å². The zero-order chi connectivity index (χ0) is 15.5. The molecule has 2 atom stereocenters. The van der Waals surface area contributed by atoms with Crippen molar-refractivity contribution >= 4 is 11.9 Å². The molecule has 0 unspecified atom stereocenters. The van der Waals surface area contributed by atoms with E-state index >= 15 is 0 Å². The molecule has 0 spiro atoms. The summed E-state index contributed by atoms with van der Waals surface area (Å²) in [6, 6.07) is 9.46. The van der Waals surface area contributed by atoms with Gasteiger partial charge in [-0.2, -0.15) is 5.10 Å². The monoisotopic (exact) mass is 299 g/mol.